The minimum Gasteiger partial charge on any atom is -0.382 e. The minimum atomic E-state index is -5.17. The summed E-state index contributed by atoms with van der Waals surface area (Å²) in [5, 5.41) is 8.83. The first-order valence-corrected chi connectivity index (χ1v) is 4.82. The molecule has 0 aliphatic rings. The molecule has 0 saturated carbocycles. The van der Waals surface area contributed by atoms with Crippen LogP contribution in [0.4, 0.5) is 30.7 Å². The van der Waals surface area contributed by atoms with Gasteiger partial charge in [-0.25, -0.2) is 4.39 Å². The highest BCUT2D eigenvalue weighted by atomic mass is 35.5. The molecule has 0 aliphatic heterocycles. The molecule has 2 atom stereocenters. The van der Waals surface area contributed by atoms with Crippen LogP contribution >= 0.6 is 12.4 Å². The van der Waals surface area contributed by atoms with Crippen LogP contribution in [0.15, 0.2) is 18.2 Å². The lowest BCUT2D eigenvalue weighted by molar-refractivity contribution is -0.210. The Morgan fingerprint density at radius 1 is 1.05 bits per heavy atom. The standard InChI is InChI=1S/C10H8F7NO.ClH/c11-6-4(7(18)8(19)10(15,16)17)2-1-3-5(6)9(12,13)14;/h1-3,7-8,19H,18H2;1H/t7-,8-;/m0./s1. The molecule has 0 bridgehead atoms. The molecule has 0 spiro atoms. The molecule has 0 aliphatic carbocycles. The van der Waals surface area contributed by atoms with Crippen molar-refractivity contribution >= 4 is 12.4 Å². The normalized spacial score (nSPS) is 15.4. The molecule has 1 rings (SSSR count). The fourth-order valence-electron chi connectivity index (χ4n) is 1.40. The molecule has 0 amide bonds. The Kier molecular flexibility index (Phi) is 5.82. The number of benzene rings is 1. The van der Waals surface area contributed by atoms with Gasteiger partial charge in [0.25, 0.3) is 0 Å². The quantitative estimate of drug-likeness (QED) is 0.820. The highest BCUT2D eigenvalue weighted by Gasteiger charge is 2.44. The lowest BCUT2D eigenvalue weighted by Crippen LogP contribution is -2.39. The smallest absolute Gasteiger partial charge is 0.382 e. The fraction of sp³-hybridized carbons (Fsp3) is 0.400. The first-order valence-electron chi connectivity index (χ1n) is 4.82. The zero-order valence-electron chi connectivity index (χ0n) is 9.47. The highest BCUT2D eigenvalue weighted by molar-refractivity contribution is 5.85. The van der Waals surface area contributed by atoms with Gasteiger partial charge in [-0.15, -0.1) is 12.4 Å². The Labute approximate surface area is 114 Å². The topological polar surface area (TPSA) is 46.2 Å². The maximum absolute atomic E-state index is 13.5. The zero-order valence-corrected chi connectivity index (χ0v) is 10.3. The third-order valence-corrected chi connectivity index (χ3v) is 2.37. The summed E-state index contributed by atoms with van der Waals surface area (Å²) in [6, 6.07) is -0.609. The van der Waals surface area contributed by atoms with E-state index in [2.05, 4.69) is 0 Å². The molecular weight excluding hydrogens is 319 g/mol. The van der Waals surface area contributed by atoms with Crippen molar-refractivity contribution in [2.45, 2.75) is 24.5 Å². The average Bonchev–Trinajstić information content (AvgIpc) is 2.24. The molecule has 116 valence electrons. The Morgan fingerprint density at radius 2 is 1.55 bits per heavy atom. The van der Waals surface area contributed by atoms with Crippen LogP contribution in [0, 0.1) is 5.82 Å². The number of aliphatic hydroxyl groups excluding tert-OH is 1. The van der Waals surface area contributed by atoms with Crippen LogP contribution in [0.3, 0.4) is 0 Å². The first kappa shape index (κ1) is 18.9. The molecule has 2 nitrogen and oxygen atoms in total. The van der Waals surface area contributed by atoms with E-state index in [1.807, 2.05) is 0 Å². The second kappa shape index (κ2) is 6.15. The van der Waals surface area contributed by atoms with Crippen LogP contribution in [0.2, 0.25) is 0 Å². The molecule has 1 aromatic carbocycles. The third-order valence-electron chi connectivity index (χ3n) is 2.37. The second-order valence-electron chi connectivity index (χ2n) is 3.72. The van der Waals surface area contributed by atoms with Crippen LogP contribution < -0.4 is 5.73 Å². The van der Waals surface area contributed by atoms with E-state index >= 15 is 0 Å². The van der Waals surface area contributed by atoms with Crippen molar-refractivity contribution in [1.29, 1.82) is 0 Å². The van der Waals surface area contributed by atoms with Crippen LogP contribution in [0.25, 0.3) is 0 Å². The van der Waals surface area contributed by atoms with Crippen LogP contribution in [-0.2, 0) is 6.18 Å². The molecule has 0 aromatic heterocycles. The van der Waals surface area contributed by atoms with Crippen molar-refractivity contribution in [2.24, 2.45) is 5.73 Å². The lowest BCUT2D eigenvalue weighted by atomic mass is 9.98. The molecule has 20 heavy (non-hydrogen) atoms. The number of hydrogen-bond donors (Lipinski definition) is 2. The van der Waals surface area contributed by atoms with E-state index in [-0.39, 0.29) is 12.4 Å². The molecule has 3 N–H and O–H groups in total. The predicted molar refractivity (Wildman–Crippen MR) is 57.6 cm³/mol. The van der Waals surface area contributed by atoms with Crippen molar-refractivity contribution in [1.82, 2.24) is 0 Å². The van der Waals surface area contributed by atoms with Gasteiger partial charge in [0.1, 0.15) is 5.82 Å². The van der Waals surface area contributed by atoms with Gasteiger partial charge in [-0.1, -0.05) is 12.1 Å². The summed E-state index contributed by atoms with van der Waals surface area (Å²) in [6.45, 7) is 0. The average molecular weight is 328 g/mol. The first-order chi connectivity index (χ1) is 8.46. The summed E-state index contributed by atoms with van der Waals surface area (Å²) in [7, 11) is 0. The summed E-state index contributed by atoms with van der Waals surface area (Å²) in [6.07, 6.45) is -13.4. The van der Waals surface area contributed by atoms with Crippen molar-refractivity contribution in [2.75, 3.05) is 0 Å². The van der Waals surface area contributed by atoms with E-state index in [1.54, 1.807) is 0 Å². The van der Waals surface area contributed by atoms with Gasteiger partial charge in [-0.3, -0.25) is 0 Å². The lowest BCUT2D eigenvalue weighted by Gasteiger charge is -2.23. The summed E-state index contributed by atoms with van der Waals surface area (Å²) < 4.78 is 87.1. The van der Waals surface area contributed by atoms with Crippen molar-refractivity contribution in [3.05, 3.63) is 35.1 Å². The van der Waals surface area contributed by atoms with Gasteiger partial charge in [0.05, 0.1) is 11.6 Å². The third kappa shape index (κ3) is 3.97. The molecular formula is C10H9ClF7NO. The number of rotatable bonds is 2. The molecule has 1 aromatic rings. The Morgan fingerprint density at radius 3 is 1.95 bits per heavy atom. The van der Waals surface area contributed by atoms with E-state index in [9.17, 15) is 30.7 Å². The summed E-state index contributed by atoms with van der Waals surface area (Å²) in [5.41, 5.74) is 2.16. The van der Waals surface area contributed by atoms with Gasteiger partial charge in [-0.2, -0.15) is 26.3 Å². The molecule has 0 radical (unpaired) electrons. The zero-order chi connectivity index (χ0) is 15.0. The number of alkyl halides is 6. The van der Waals surface area contributed by atoms with E-state index in [0.29, 0.717) is 18.2 Å². The van der Waals surface area contributed by atoms with Crippen molar-refractivity contribution in [3.63, 3.8) is 0 Å². The van der Waals surface area contributed by atoms with Crippen LogP contribution in [0.5, 0.6) is 0 Å². The van der Waals surface area contributed by atoms with Crippen molar-refractivity contribution < 1.29 is 35.8 Å². The van der Waals surface area contributed by atoms with Crippen molar-refractivity contribution in [3.8, 4) is 0 Å². The molecule has 10 heteroatoms. The minimum absolute atomic E-state index is 0. The molecule has 0 saturated heterocycles. The van der Waals surface area contributed by atoms with Gasteiger partial charge in [0, 0.05) is 5.56 Å². The Balaban J connectivity index is 0.00000361. The van der Waals surface area contributed by atoms with Crippen LogP contribution in [-0.4, -0.2) is 17.4 Å². The maximum atomic E-state index is 13.5. The van der Waals surface area contributed by atoms with E-state index < -0.39 is 41.4 Å². The van der Waals surface area contributed by atoms with Gasteiger partial charge in [0.2, 0.25) is 0 Å². The number of nitrogens with two attached hydrogens (primary N) is 1. The second-order valence-corrected chi connectivity index (χ2v) is 3.72. The van der Waals surface area contributed by atoms with E-state index in [1.165, 1.54) is 0 Å². The predicted octanol–water partition coefficient (Wildman–Crippen LogP) is 3.19. The summed E-state index contributed by atoms with van der Waals surface area (Å²) in [5.74, 6) is -1.93. The SMILES string of the molecule is Cl.N[C@@H](c1cccc(C(F)(F)F)c1F)[C@H](O)C(F)(F)F. The largest absolute Gasteiger partial charge is 0.419 e. The summed E-state index contributed by atoms with van der Waals surface area (Å²) in [4.78, 5) is 0. The number of halogens is 8. The fourth-order valence-corrected chi connectivity index (χ4v) is 1.40. The maximum Gasteiger partial charge on any atom is 0.419 e. The van der Waals surface area contributed by atoms with Crippen LogP contribution in [0.1, 0.15) is 17.2 Å². The Bertz CT molecular complexity index is 460. The number of aliphatic hydroxyl groups is 1. The molecule has 0 fully saturated rings. The van der Waals surface area contributed by atoms with Gasteiger partial charge in [0.15, 0.2) is 6.10 Å². The van der Waals surface area contributed by atoms with E-state index in [4.69, 9.17) is 10.8 Å². The number of hydrogen-bond acceptors (Lipinski definition) is 2. The molecule has 0 heterocycles. The van der Waals surface area contributed by atoms with Gasteiger partial charge >= 0.3 is 12.4 Å². The summed E-state index contributed by atoms with van der Waals surface area (Å²) >= 11 is 0. The monoisotopic (exact) mass is 327 g/mol. The van der Waals surface area contributed by atoms with Gasteiger partial charge < -0.3 is 10.8 Å². The van der Waals surface area contributed by atoms with E-state index in [0.717, 1.165) is 0 Å². The Hall–Kier alpha value is -1.06. The molecule has 0 unspecified atom stereocenters. The highest BCUT2D eigenvalue weighted by Crippen LogP contribution is 2.36. The van der Waals surface area contributed by atoms with Gasteiger partial charge in [-0.05, 0) is 6.07 Å².